The molecule has 0 saturated heterocycles. The highest BCUT2D eigenvalue weighted by molar-refractivity contribution is 6.04. The van der Waals surface area contributed by atoms with Crippen LogP contribution in [0.5, 0.6) is 11.5 Å². The molecule has 0 unspecified atom stereocenters. The summed E-state index contributed by atoms with van der Waals surface area (Å²) in [4.78, 5) is 33.7. The molecular formula is C17H16N4O6. The second-order valence-corrected chi connectivity index (χ2v) is 5.22. The maximum Gasteiger partial charge on any atom is 0.311 e. The summed E-state index contributed by atoms with van der Waals surface area (Å²) in [6.45, 7) is 0. The highest BCUT2D eigenvalue weighted by Gasteiger charge is 2.13. The lowest BCUT2D eigenvalue weighted by atomic mass is 10.2. The maximum atomic E-state index is 11.9. The number of amides is 2. The molecule has 0 aliphatic carbocycles. The van der Waals surface area contributed by atoms with E-state index in [0.29, 0.717) is 17.0 Å². The number of carbonyl (C=O) groups is 2. The summed E-state index contributed by atoms with van der Waals surface area (Å²) in [5.74, 6) is -1.26. The molecule has 2 aromatic carbocycles. The first kappa shape index (κ1) is 19.4. The standard InChI is InChI=1S/C17H16N4O6/c1-27-15-5-3-2-4-12(15)19-16(23)9-17(24)20-18-10-11-6-7-14(22)13(8-11)21(25)26/h2-8,10,22H,9H2,1H3,(H,19,23)(H,20,24)/b18-10+. The fourth-order valence-electron chi connectivity index (χ4n) is 2.07. The third kappa shape index (κ3) is 5.53. The van der Waals surface area contributed by atoms with Gasteiger partial charge in [0.25, 0.3) is 0 Å². The van der Waals surface area contributed by atoms with Crippen molar-refractivity contribution in [1.29, 1.82) is 0 Å². The molecule has 0 heterocycles. The molecule has 2 aromatic rings. The summed E-state index contributed by atoms with van der Waals surface area (Å²) in [7, 11) is 1.46. The van der Waals surface area contributed by atoms with E-state index >= 15 is 0 Å². The first-order valence-electron chi connectivity index (χ1n) is 7.63. The number of hydrazone groups is 1. The van der Waals surface area contributed by atoms with Gasteiger partial charge in [0, 0.05) is 11.6 Å². The van der Waals surface area contributed by atoms with Crippen LogP contribution in [0.15, 0.2) is 47.6 Å². The molecule has 0 saturated carbocycles. The highest BCUT2D eigenvalue weighted by Crippen LogP contribution is 2.25. The van der Waals surface area contributed by atoms with Gasteiger partial charge in [0.1, 0.15) is 12.2 Å². The molecule has 0 aliphatic heterocycles. The van der Waals surface area contributed by atoms with Crippen LogP contribution in [0, 0.1) is 10.1 Å². The Morgan fingerprint density at radius 1 is 1.26 bits per heavy atom. The predicted molar refractivity (Wildman–Crippen MR) is 96.7 cm³/mol. The van der Waals surface area contributed by atoms with E-state index in [4.69, 9.17) is 4.74 Å². The van der Waals surface area contributed by atoms with Crippen molar-refractivity contribution in [2.24, 2.45) is 5.10 Å². The van der Waals surface area contributed by atoms with Gasteiger partial charge in [-0.05, 0) is 24.3 Å². The molecule has 3 N–H and O–H groups in total. The van der Waals surface area contributed by atoms with Crippen molar-refractivity contribution in [3.05, 3.63) is 58.1 Å². The number of phenolic OH excluding ortho intramolecular Hbond substituents is 1. The van der Waals surface area contributed by atoms with Crippen LogP contribution in [-0.2, 0) is 9.59 Å². The number of hydrogen-bond donors (Lipinski definition) is 3. The van der Waals surface area contributed by atoms with Crippen molar-refractivity contribution in [3.8, 4) is 11.5 Å². The van der Waals surface area contributed by atoms with E-state index in [1.54, 1.807) is 24.3 Å². The minimum absolute atomic E-state index is 0.290. The Kier molecular flexibility index (Phi) is 6.42. The molecule has 0 aliphatic rings. The Labute approximate surface area is 153 Å². The predicted octanol–water partition coefficient (Wildman–Crippen LogP) is 1.79. The number of nitro groups is 1. The molecule has 140 valence electrons. The number of benzene rings is 2. The molecule has 27 heavy (non-hydrogen) atoms. The summed E-state index contributed by atoms with van der Waals surface area (Å²) < 4.78 is 5.10. The Morgan fingerprint density at radius 3 is 2.70 bits per heavy atom. The van der Waals surface area contributed by atoms with Crippen LogP contribution in [0.4, 0.5) is 11.4 Å². The number of anilines is 1. The summed E-state index contributed by atoms with van der Waals surface area (Å²) >= 11 is 0. The average molecular weight is 372 g/mol. The van der Waals surface area contributed by atoms with E-state index in [0.717, 1.165) is 18.3 Å². The first-order valence-corrected chi connectivity index (χ1v) is 7.63. The fraction of sp³-hybridized carbons (Fsp3) is 0.118. The number of nitrogens with zero attached hydrogens (tertiary/aromatic N) is 2. The Hall–Kier alpha value is -3.95. The molecule has 2 rings (SSSR count). The lowest BCUT2D eigenvalue weighted by molar-refractivity contribution is -0.385. The van der Waals surface area contributed by atoms with Crippen molar-refractivity contribution in [2.45, 2.75) is 6.42 Å². The largest absolute Gasteiger partial charge is 0.502 e. The van der Waals surface area contributed by atoms with Crippen LogP contribution < -0.4 is 15.5 Å². The SMILES string of the molecule is COc1ccccc1NC(=O)CC(=O)N/N=C/c1ccc(O)c([N+](=O)[O-])c1. The van der Waals surface area contributed by atoms with Crippen LogP contribution in [0.1, 0.15) is 12.0 Å². The number of para-hydroxylation sites is 2. The zero-order valence-electron chi connectivity index (χ0n) is 14.2. The molecule has 10 heteroatoms. The number of hydrogen-bond acceptors (Lipinski definition) is 7. The first-order chi connectivity index (χ1) is 12.9. The van der Waals surface area contributed by atoms with Gasteiger partial charge >= 0.3 is 5.69 Å². The van der Waals surface area contributed by atoms with Crippen LogP contribution in [-0.4, -0.2) is 35.2 Å². The van der Waals surface area contributed by atoms with Crippen LogP contribution in [0.2, 0.25) is 0 Å². The minimum Gasteiger partial charge on any atom is -0.502 e. The van der Waals surface area contributed by atoms with Gasteiger partial charge in [-0.3, -0.25) is 19.7 Å². The van der Waals surface area contributed by atoms with E-state index in [1.165, 1.54) is 13.2 Å². The minimum atomic E-state index is -0.743. The summed E-state index contributed by atoms with van der Waals surface area (Å²) in [5, 5.41) is 26.3. The Morgan fingerprint density at radius 2 is 2.00 bits per heavy atom. The maximum absolute atomic E-state index is 11.9. The molecule has 0 fully saturated rings. The van der Waals surface area contributed by atoms with Crippen LogP contribution in [0.3, 0.4) is 0 Å². The molecule has 0 bridgehead atoms. The molecule has 0 spiro atoms. The summed E-state index contributed by atoms with van der Waals surface area (Å²) in [5.41, 5.74) is 2.38. The smallest absolute Gasteiger partial charge is 0.311 e. The number of methoxy groups -OCH3 is 1. The number of nitro benzene ring substituents is 1. The van der Waals surface area contributed by atoms with Gasteiger partial charge in [-0.2, -0.15) is 5.10 Å². The van der Waals surface area contributed by atoms with Crippen molar-refractivity contribution >= 4 is 29.4 Å². The van der Waals surface area contributed by atoms with E-state index in [9.17, 15) is 24.8 Å². The summed E-state index contributed by atoms with van der Waals surface area (Å²) in [6, 6.07) is 10.4. The number of carbonyl (C=O) groups excluding carboxylic acids is 2. The van der Waals surface area contributed by atoms with Gasteiger partial charge in [0.2, 0.25) is 11.8 Å². The third-order valence-electron chi connectivity index (χ3n) is 3.30. The molecule has 0 aromatic heterocycles. The Bertz CT molecular complexity index is 897. The van der Waals surface area contributed by atoms with Crippen molar-refractivity contribution in [2.75, 3.05) is 12.4 Å². The zero-order valence-corrected chi connectivity index (χ0v) is 14.2. The van der Waals surface area contributed by atoms with E-state index in [2.05, 4.69) is 15.8 Å². The topological polar surface area (TPSA) is 143 Å². The normalized spacial score (nSPS) is 10.4. The van der Waals surface area contributed by atoms with E-state index < -0.39 is 34.6 Å². The average Bonchev–Trinajstić information content (AvgIpc) is 2.63. The lowest BCUT2D eigenvalue weighted by Gasteiger charge is -2.09. The molecule has 2 amide bonds. The fourth-order valence-corrected chi connectivity index (χ4v) is 2.07. The van der Waals surface area contributed by atoms with Crippen LogP contribution >= 0.6 is 0 Å². The van der Waals surface area contributed by atoms with Crippen molar-refractivity contribution in [3.63, 3.8) is 0 Å². The van der Waals surface area contributed by atoms with Crippen molar-refractivity contribution in [1.82, 2.24) is 5.43 Å². The van der Waals surface area contributed by atoms with E-state index in [1.807, 2.05) is 0 Å². The molecular weight excluding hydrogens is 356 g/mol. The molecule has 10 nitrogen and oxygen atoms in total. The molecule has 0 radical (unpaired) electrons. The monoisotopic (exact) mass is 372 g/mol. The zero-order chi connectivity index (χ0) is 19.8. The number of ether oxygens (including phenoxy) is 1. The highest BCUT2D eigenvalue weighted by atomic mass is 16.6. The number of phenols is 1. The number of nitrogens with one attached hydrogen (secondary N) is 2. The van der Waals surface area contributed by atoms with Gasteiger partial charge in [-0.25, -0.2) is 5.43 Å². The number of rotatable bonds is 7. The number of aromatic hydroxyl groups is 1. The van der Waals surface area contributed by atoms with Gasteiger partial charge in [0.05, 0.1) is 23.9 Å². The van der Waals surface area contributed by atoms with Gasteiger partial charge < -0.3 is 15.2 Å². The van der Waals surface area contributed by atoms with Crippen molar-refractivity contribution < 1.29 is 24.4 Å². The van der Waals surface area contributed by atoms with Crippen LogP contribution in [0.25, 0.3) is 0 Å². The quantitative estimate of drug-likeness (QED) is 0.293. The third-order valence-corrected chi connectivity index (χ3v) is 3.30. The Balaban J connectivity index is 1.90. The second-order valence-electron chi connectivity index (χ2n) is 5.22. The second kappa shape index (κ2) is 8.94. The summed E-state index contributed by atoms with van der Waals surface area (Å²) in [6.07, 6.45) is 0.674. The van der Waals surface area contributed by atoms with Gasteiger partial charge in [-0.1, -0.05) is 12.1 Å². The van der Waals surface area contributed by atoms with E-state index in [-0.39, 0.29) is 0 Å². The van der Waals surface area contributed by atoms with Gasteiger partial charge in [0.15, 0.2) is 5.75 Å². The molecule has 0 atom stereocenters. The van der Waals surface area contributed by atoms with Gasteiger partial charge in [-0.15, -0.1) is 0 Å². The lowest BCUT2D eigenvalue weighted by Crippen LogP contribution is -2.24.